The van der Waals surface area contributed by atoms with Gasteiger partial charge in [0.25, 0.3) is 0 Å². The Balaban J connectivity index is 1.06. The zero-order chi connectivity index (χ0) is 32.3. The Hall–Kier alpha value is -5.76. The van der Waals surface area contributed by atoms with Crippen molar-refractivity contribution < 1.29 is 9.47 Å². The summed E-state index contributed by atoms with van der Waals surface area (Å²) < 4.78 is 14.5. The first kappa shape index (κ1) is 31.2. The SMILES string of the molecule is COc1ccc(-c2nn(-c3ccccc3)cc2C=NCCCCCN=Cc2cn(-c3ccccc3)nc2-c2ccc(OC)cc2)cc1. The average molecular weight is 623 g/mol. The summed E-state index contributed by atoms with van der Waals surface area (Å²) in [5.41, 5.74) is 7.78. The van der Waals surface area contributed by atoms with Crippen LogP contribution in [-0.4, -0.2) is 59.3 Å². The summed E-state index contributed by atoms with van der Waals surface area (Å²) in [6, 6.07) is 36.2. The molecule has 6 aromatic rings. The number of hydrogen-bond acceptors (Lipinski definition) is 6. The predicted octanol–water partition coefficient (Wildman–Crippen LogP) is 8.12. The van der Waals surface area contributed by atoms with E-state index < -0.39 is 0 Å². The van der Waals surface area contributed by atoms with Crippen LogP contribution in [0.15, 0.2) is 132 Å². The molecule has 2 aromatic heterocycles. The van der Waals surface area contributed by atoms with Gasteiger partial charge in [0, 0.05) is 60.2 Å². The highest BCUT2D eigenvalue weighted by Gasteiger charge is 2.13. The van der Waals surface area contributed by atoms with Gasteiger partial charge in [-0.25, -0.2) is 9.36 Å². The summed E-state index contributed by atoms with van der Waals surface area (Å²) in [5.74, 6) is 1.63. The molecule has 6 rings (SSSR count). The first-order chi connectivity index (χ1) is 23.2. The number of hydrogen-bond donors (Lipinski definition) is 0. The second-order valence-corrected chi connectivity index (χ2v) is 11.0. The molecule has 0 bridgehead atoms. The van der Waals surface area contributed by atoms with Crippen molar-refractivity contribution >= 4 is 12.4 Å². The Kier molecular flexibility index (Phi) is 10.3. The topological polar surface area (TPSA) is 78.8 Å². The minimum absolute atomic E-state index is 0.744. The van der Waals surface area contributed by atoms with E-state index in [0.29, 0.717) is 0 Å². The third-order valence-electron chi connectivity index (χ3n) is 7.79. The summed E-state index contributed by atoms with van der Waals surface area (Å²) in [6.07, 6.45) is 11.0. The molecule has 0 aliphatic carbocycles. The molecule has 0 N–H and O–H groups in total. The lowest BCUT2D eigenvalue weighted by Gasteiger charge is -2.03. The standard InChI is InChI=1S/C39H38N6O2/c1-46-36-20-16-30(17-21-36)38-32(28-44(42-38)34-12-6-3-7-13-34)26-40-24-10-5-11-25-41-27-33-29-45(35-14-8-4-9-15-35)43-39(33)31-18-22-37(47-2)23-19-31/h3-4,6-9,12-23,26-29H,5,10-11,24-25H2,1-2H3. The molecular formula is C39H38N6O2. The minimum Gasteiger partial charge on any atom is -0.497 e. The van der Waals surface area contributed by atoms with Crippen LogP contribution in [0, 0.1) is 0 Å². The largest absolute Gasteiger partial charge is 0.497 e. The summed E-state index contributed by atoms with van der Waals surface area (Å²) >= 11 is 0. The van der Waals surface area contributed by atoms with Gasteiger partial charge in [0.2, 0.25) is 0 Å². The predicted molar refractivity (Wildman–Crippen MR) is 190 cm³/mol. The van der Waals surface area contributed by atoms with Crippen LogP contribution in [0.2, 0.25) is 0 Å². The lowest BCUT2D eigenvalue weighted by Crippen LogP contribution is -1.94. The van der Waals surface area contributed by atoms with Gasteiger partial charge < -0.3 is 9.47 Å². The smallest absolute Gasteiger partial charge is 0.118 e. The Morgan fingerprint density at radius 1 is 0.532 bits per heavy atom. The van der Waals surface area contributed by atoms with E-state index >= 15 is 0 Å². The lowest BCUT2D eigenvalue weighted by molar-refractivity contribution is 0.415. The molecule has 0 radical (unpaired) electrons. The molecule has 0 spiro atoms. The van der Waals surface area contributed by atoms with E-state index in [2.05, 4.69) is 0 Å². The fourth-order valence-corrected chi connectivity index (χ4v) is 5.24. The van der Waals surface area contributed by atoms with Crippen molar-refractivity contribution in [3.63, 3.8) is 0 Å². The van der Waals surface area contributed by atoms with Gasteiger partial charge in [-0.05, 0) is 92.1 Å². The number of ether oxygens (including phenoxy) is 2. The molecule has 0 unspecified atom stereocenters. The second-order valence-electron chi connectivity index (χ2n) is 11.0. The monoisotopic (exact) mass is 622 g/mol. The summed E-state index contributed by atoms with van der Waals surface area (Å²) in [7, 11) is 3.34. The maximum atomic E-state index is 5.34. The molecule has 0 aliphatic heterocycles. The van der Waals surface area contributed by atoms with E-state index in [1.165, 1.54) is 0 Å². The van der Waals surface area contributed by atoms with E-state index in [1.807, 2.05) is 143 Å². The summed E-state index contributed by atoms with van der Waals surface area (Å²) in [5, 5.41) is 9.78. The highest BCUT2D eigenvalue weighted by Crippen LogP contribution is 2.26. The molecule has 0 fully saturated rings. The number of unbranched alkanes of at least 4 members (excludes halogenated alkanes) is 2. The van der Waals surface area contributed by atoms with Crippen LogP contribution in [0.1, 0.15) is 30.4 Å². The van der Waals surface area contributed by atoms with E-state index in [1.54, 1.807) is 14.2 Å². The van der Waals surface area contributed by atoms with Gasteiger partial charge in [-0.2, -0.15) is 10.2 Å². The molecule has 47 heavy (non-hydrogen) atoms. The van der Waals surface area contributed by atoms with Crippen molar-refractivity contribution in [3.05, 3.63) is 133 Å². The van der Waals surface area contributed by atoms with Crippen LogP contribution in [-0.2, 0) is 0 Å². The Bertz CT molecular complexity index is 1770. The van der Waals surface area contributed by atoms with E-state index in [9.17, 15) is 0 Å². The Morgan fingerprint density at radius 3 is 1.32 bits per heavy atom. The van der Waals surface area contributed by atoms with Crippen LogP contribution in [0.25, 0.3) is 33.9 Å². The number of methoxy groups -OCH3 is 2. The number of nitrogens with zero attached hydrogens (tertiary/aromatic N) is 6. The molecule has 0 atom stereocenters. The van der Waals surface area contributed by atoms with Crippen molar-refractivity contribution in [2.45, 2.75) is 19.3 Å². The van der Waals surface area contributed by atoms with Gasteiger partial charge in [-0.15, -0.1) is 0 Å². The van der Waals surface area contributed by atoms with Crippen molar-refractivity contribution in [1.29, 1.82) is 0 Å². The molecule has 0 saturated heterocycles. The Labute approximate surface area is 275 Å². The Morgan fingerprint density at radius 2 is 0.936 bits per heavy atom. The van der Waals surface area contributed by atoms with Gasteiger partial charge >= 0.3 is 0 Å². The molecule has 8 heteroatoms. The molecule has 0 amide bonds. The minimum atomic E-state index is 0.744. The molecule has 8 nitrogen and oxygen atoms in total. The second kappa shape index (κ2) is 15.5. The van der Waals surface area contributed by atoms with Crippen LogP contribution < -0.4 is 9.47 Å². The number of rotatable bonds is 14. The zero-order valence-electron chi connectivity index (χ0n) is 26.7. The van der Waals surface area contributed by atoms with E-state index in [-0.39, 0.29) is 0 Å². The summed E-state index contributed by atoms with van der Waals surface area (Å²) in [4.78, 5) is 9.52. The first-order valence-electron chi connectivity index (χ1n) is 15.8. The third-order valence-corrected chi connectivity index (χ3v) is 7.79. The van der Waals surface area contributed by atoms with Crippen LogP contribution in [0.4, 0.5) is 0 Å². The van der Waals surface area contributed by atoms with Crippen LogP contribution in [0.5, 0.6) is 11.5 Å². The van der Waals surface area contributed by atoms with Gasteiger partial charge in [0.15, 0.2) is 0 Å². The molecule has 0 saturated carbocycles. The first-order valence-corrected chi connectivity index (χ1v) is 15.8. The molecule has 236 valence electrons. The van der Waals surface area contributed by atoms with Crippen molar-refractivity contribution in [2.75, 3.05) is 27.3 Å². The number of aliphatic imine (C=N–C) groups is 2. The van der Waals surface area contributed by atoms with Crippen molar-refractivity contribution in [2.24, 2.45) is 9.98 Å². The van der Waals surface area contributed by atoms with Crippen LogP contribution >= 0.6 is 0 Å². The molecular weight excluding hydrogens is 584 g/mol. The van der Waals surface area contributed by atoms with Gasteiger partial charge in [-0.1, -0.05) is 36.4 Å². The fraction of sp³-hybridized carbons (Fsp3) is 0.179. The van der Waals surface area contributed by atoms with Gasteiger partial charge in [0.05, 0.1) is 25.6 Å². The quantitative estimate of drug-likeness (QED) is 0.0908. The molecule has 2 heterocycles. The van der Waals surface area contributed by atoms with Crippen LogP contribution in [0.3, 0.4) is 0 Å². The van der Waals surface area contributed by atoms with Crippen molar-refractivity contribution in [3.8, 4) is 45.4 Å². The number of benzene rings is 4. The zero-order valence-corrected chi connectivity index (χ0v) is 26.7. The highest BCUT2D eigenvalue weighted by molar-refractivity contribution is 5.89. The normalized spacial score (nSPS) is 11.4. The van der Waals surface area contributed by atoms with E-state index in [0.717, 1.165) is 88.9 Å². The van der Waals surface area contributed by atoms with Gasteiger partial charge in [-0.3, -0.25) is 9.98 Å². The average Bonchev–Trinajstić information content (AvgIpc) is 3.77. The number of para-hydroxylation sites is 2. The van der Waals surface area contributed by atoms with E-state index in [4.69, 9.17) is 29.7 Å². The van der Waals surface area contributed by atoms with Gasteiger partial charge in [0.1, 0.15) is 22.9 Å². The fourth-order valence-electron chi connectivity index (χ4n) is 5.24. The molecule has 0 aliphatic rings. The molecule has 4 aromatic carbocycles. The number of aromatic nitrogens is 4. The maximum absolute atomic E-state index is 5.34. The lowest BCUT2D eigenvalue weighted by atomic mass is 10.1. The third kappa shape index (κ3) is 7.91. The highest BCUT2D eigenvalue weighted by atomic mass is 16.5. The van der Waals surface area contributed by atoms with Crippen molar-refractivity contribution in [1.82, 2.24) is 19.6 Å². The maximum Gasteiger partial charge on any atom is 0.118 e. The summed E-state index contributed by atoms with van der Waals surface area (Å²) in [6.45, 7) is 1.49.